The third kappa shape index (κ3) is 3.15. The number of carbonyl (C=O) groups is 1. The fourth-order valence-electron chi connectivity index (χ4n) is 2.33. The molecule has 0 saturated heterocycles. The van der Waals surface area contributed by atoms with Crippen molar-refractivity contribution in [2.24, 2.45) is 0 Å². The SMILES string of the molecule is Cc1ccc(F)cc1NC(=O)C(C)n1c(-c2cccs2)n[nH]c1=S. The monoisotopic (exact) mass is 362 g/mol. The van der Waals surface area contributed by atoms with Gasteiger partial charge in [0.25, 0.3) is 0 Å². The summed E-state index contributed by atoms with van der Waals surface area (Å²) in [4.78, 5) is 13.5. The zero-order chi connectivity index (χ0) is 17.3. The molecule has 124 valence electrons. The zero-order valence-corrected chi connectivity index (χ0v) is 14.7. The minimum absolute atomic E-state index is 0.293. The average Bonchev–Trinajstić information content (AvgIpc) is 3.19. The van der Waals surface area contributed by atoms with Gasteiger partial charge in [-0.25, -0.2) is 4.39 Å². The van der Waals surface area contributed by atoms with E-state index in [1.807, 2.05) is 17.5 Å². The van der Waals surface area contributed by atoms with Crippen LogP contribution in [0, 0.1) is 17.5 Å². The Morgan fingerprint density at radius 1 is 1.46 bits per heavy atom. The molecule has 1 aromatic carbocycles. The summed E-state index contributed by atoms with van der Waals surface area (Å²) in [6.45, 7) is 3.53. The number of halogens is 1. The van der Waals surface area contributed by atoms with Crippen molar-refractivity contribution in [2.45, 2.75) is 19.9 Å². The number of carbonyl (C=O) groups excluding carboxylic acids is 1. The molecule has 0 fully saturated rings. The summed E-state index contributed by atoms with van der Waals surface area (Å²) in [6.07, 6.45) is 0. The van der Waals surface area contributed by atoms with Crippen molar-refractivity contribution in [1.82, 2.24) is 14.8 Å². The number of amides is 1. The molecule has 5 nitrogen and oxygen atoms in total. The third-order valence-electron chi connectivity index (χ3n) is 3.67. The maximum atomic E-state index is 13.4. The molecule has 8 heteroatoms. The van der Waals surface area contributed by atoms with Crippen LogP contribution < -0.4 is 5.32 Å². The summed E-state index contributed by atoms with van der Waals surface area (Å²) in [7, 11) is 0. The van der Waals surface area contributed by atoms with E-state index in [0.29, 0.717) is 16.3 Å². The molecule has 3 aromatic rings. The number of rotatable bonds is 4. The standard InChI is InChI=1S/C16H15FN4OS2/c1-9-5-6-11(17)8-12(9)18-15(22)10(2)21-14(19-20-16(21)23)13-4-3-7-24-13/h3-8,10H,1-2H3,(H,18,22)(H,20,23). The van der Waals surface area contributed by atoms with Crippen LogP contribution in [0.3, 0.4) is 0 Å². The number of aryl methyl sites for hydroxylation is 1. The van der Waals surface area contributed by atoms with Crippen molar-refractivity contribution < 1.29 is 9.18 Å². The summed E-state index contributed by atoms with van der Waals surface area (Å²) < 4.78 is 15.4. The number of benzene rings is 1. The molecule has 1 amide bonds. The number of hydrogen-bond donors (Lipinski definition) is 2. The van der Waals surface area contributed by atoms with Crippen molar-refractivity contribution in [2.75, 3.05) is 5.32 Å². The lowest BCUT2D eigenvalue weighted by atomic mass is 10.2. The van der Waals surface area contributed by atoms with Gasteiger partial charge in [-0.15, -0.1) is 11.3 Å². The Hall–Kier alpha value is -2.32. The second-order valence-electron chi connectivity index (χ2n) is 5.32. The molecule has 0 spiro atoms. The van der Waals surface area contributed by atoms with Crippen LogP contribution in [0.25, 0.3) is 10.7 Å². The summed E-state index contributed by atoms with van der Waals surface area (Å²) >= 11 is 6.77. The van der Waals surface area contributed by atoms with E-state index in [9.17, 15) is 9.18 Å². The predicted octanol–water partition coefficient (Wildman–Crippen LogP) is 4.32. The van der Waals surface area contributed by atoms with Gasteiger partial charge in [-0.1, -0.05) is 12.1 Å². The van der Waals surface area contributed by atoms with Gasteiger partial charge in [0.15, 0.2) is 10.6 Å². The van der Waals surface area contributed by atoms with Gasteiger partial charge in [-0.05, 0) is 55.2 Å². The van der Waals surface area contributed by atoms with Crippen molar-refractivity contribution >= 4 is 35.1 Å². The van der Waals surface area contributed by atoms with Crippen LogP contribution in [0.1, 0.15) is 18.5 Å². The predicted molar refractivity (Wildman–Crippen MR) is 95.2 cm³/mol. The van der Waals surface area contributed by atoms with Crippen LogP contribution in [-0.4, -0.2) is 20.7 Å². The lowest BCUT2D eigenvalue weighted by Gasteiger charge is -2.16. The maximum Gasteiger partial charge on any atom is 0.247 e. The molecule has 24 heavy (non-hydrogen) atoms. The molecule has 2 aromatic heterocycles. The molecule has 2 N–H and O–H groups in total. The molecule has 3 rings (SSSR count). The van der Waals surface area contributed by atoms with Crippen LogP contribution in [0.5, 0.6) is 0 Å². The van der Waals surface area contributed by atoms with Gasteiger partial charge in [-0.2, -0.15) is 5.10 Å². The van der Waals surface area contributed by atoms with Gasteiger partial charge in [0.1, 0.15) is 11.9 Å². The van der Waals surface area contributed by atoms with Gasteiger partial charge in [0.05, 0.1) is 4.88 Å². The Balaban J connectivity index is 1.91. The lowest BCUT2D eigenvalue weighted by Crippen LogP contribution is -2.24. The number of nitrogens with one attached hydrogen (secondary N) is 2. The third-order valence-corrected chi connectivity index (χ3v) is 4.82. The Kier molecular flexibility index (Phi) is 4.59. The highest BCUT2D eigenvalue weighted by atomic mass is 32.1. The lowest BCUT2D eigenvalue weighted by molar-refractivity contribution is -0.118. The van der Waals surface area contributed by atoms with Crippen LogP contribution in [0.4, 0.5) is 10.1 Å². The number of aromatic amines is 1. The summed E-state index contributed by atoms with van der Waals surface area (Å²) in [6, 6.07) is 7.49. The number of aromatic nitrogens is 3. The van der Waals surface area contributed by atoms with E-state index in [1.165, 1.54) is 23.5 Å². The fraction of sp³-hybridized carbons (Fsp3) is 0.188. The van der Waals surface area contributed by atoms with Crippen LogP contribution in [-0.2, 0) is 4.79 Å². The van der Waals surface area contributed by atoms with Crippen molar-refractivity contribution in [3.63, 3.8) is 0 Å². The molecule has 1 atom stereocenters. The van der Waals surface area contributed by atoms with E-state index < -0.39 is 11.9 Å². The minimum atomic E-state index is -0.601. The molecule has 1 unspecified atom stereocenters. The molecule has 0 saturated carbocycles. The van der Waals surface area contributed by atoms with E-state index in [-0.39, 0.29) is 5.91 Å². The Labute approximate surface area is 147 Å². The summed E-state index contributed by atoms with van der Waals surface area (Å²) in [5, 5.41) is 11.6. The van der Waals surface area contributed by atoms with Crippen LogP contribution in [0.2, 0.25) is 0 Å². The molecular weight excluding hydrogens is 347 g/mol. The van der Waals surface area contributed by atoms with Gasteiger partial charge in [0.2, 0.25) is 5.91 Å². The van der Waals surface area contributed by atoms with Gasteiger partial charge >= 0.3 is 0 Å². The highest BCUT2D eigenvalue weighted by Crippen LogP contribution is 2.26. The Morgan fingerprint density at radius 3 is 2.96 bits per heavy atom. The first-order chi connectivity index (χ1) is 11.5. The Morgan fingerprint density at radius 2 is 2.25 bits per heavy atom. The highest BCUT2D eigenvalue weighted by molar-refractivity contribution is 7.71. The molecular formula is C16H15FN4OS2. The molecule has 0 aliphatic carbocycles. The Bertz CT molecular complexity index is 930. The van der Waals surface area contributed by atoms with E-state index in [2.05, 4.69) is 15.5 Å². The number of H-pyrrole nitrogens is 1. The molecule has 0 aliphatic heterocycles. The maximum absolute atomic E-state index is 13.4. The summed E-state index contributed by atoms with van der Waals surface area (Å²) in [5.74, 6) is -0.0876. The van der Waals surface area contributed by atoms with E-state index >= 15 is 0 Å². The fourth-order valence-corrected chi connectivity index (χ4v) is 3.33. The zero-order valence-electron chi connectivity index (χ0n) is 13.0. The first-order valence-electron chi connectivity index (χ1n) is 7.25. The van der Waals surface area contributed by atoms with Crippen molar-refractivity contribution in [3.05, 3.63) is 51.9 Å². The topological polar surface area (TPSA) is 62.7 Å². The second kappa shape index (κ2) is 6.66. The number of hydrogen-bond acceptors (Lipinski definition) is 4. The van der Waals surface area contributed by atoms with E-state index in [0.717, 1.165) is 10.4 Å². The first kappa shape index (κ1) is 16.5. The number of nitrogens with zero attached hydrogens (tertiary/aromatic N) is 2. The quantitative estimate of drug-likeness (QED) is 0.680. The van der Waals surface area contributed by atoms with Gasteiger partial charge < -0.3 is 5.32 Å². The van der Waals surface area contributed by atoms with Crippen molar-refractivity contribution in [3.8, 4) is 10.7 Å². The molecule has 0 bridgehead atoms. The van der Waals surface area contributed by atoms with Crippen LogP contribution in [0.15, 0.2) is 35.7 Å². The summed E-state index contributed by atoms with van der Waals surface area (Å²) in [5.41, 5.74) is 1.23. The number of thiophene rings is 1. The normalized spacial score (nSPS) is 12.1. The number of anilines is 1. The second-order valence-corrected chi connectivity index (χ2v) is 6.66. The van der Waals surface area contributed by atoms with Gasteiger partial charge in [0, 0.05) is 5.69 Å². The largest absolute Gasteiger partial charge is 0.324 e. The minimum Gasteiger partial charge on any atom is -0.324 e. The smallest absolute Gasteiger partial charge is 0.247 e. The molecule has 0 radical (unpaired) electrons. The highest BCUT2D eigenvalue weighted by Gasteiger charge is 2.22. The van der Waals surface area contributed by atoms with E-state index in [1.54, 1.807) is 24.5 Å². The molecule has 0 aliphatic rings. The van der Waals surface area contributed by atoms with E-state index in [4.69, 9.17) is 12.2 Å². The van der Waals surface area contributed by atoms with Gasteiger partial charge in [-0.3, -0.25) is 14.5 Å². The van der Waals surface area contributed by atoms with Crippen LogP contribution >= 0.6 is 23.6 Å². The van der Waals surface area contributed by atoms with Crippen molar-refractivity contribution in [1.29, 1.82) is 0 Å². The molecule has 2 heterocycles. The average molecular weight is 362 g/mol. The first-order valence-corrected chi connectivity index (χ1v) is 8.54.